The third-order valence-corrected chi connectivity index (χ3v) is 2.83. The quantitative estimate of drug-likeness (QED) is 0.751. The van der Waals surface area contributed by atoms with Crippen LogP contribution in [0.3, 0.4) is 0 Å². The van der Waals surface area contributed by atoms with Crippen LogP contribution in [0.4, 0.5) is 0 Å². The van der Waals surface area contributed by atoms with Crippen molar-refractivity contribution in [3.05, 3.63) is 0 Å². The molecule has 0 aliphatic carbocycles. The molecule has 0 spiro atoms. The normalized spacial score (nSPS) is 23.7. The fourth-order valence-corrected chi connectivity index (χ4v) is 1.98. The van der Waals surface area contributed by atoms with E-state index in [0.29, 0.717) is 38.6 Å². The Morgan fingerprint density at radius 2 is 2.29 bits per heavy atom. The predicted octanol–water partition coefficient (Wildman–Crippen LogP) is 0.358. The van der Waals surface area contributed by atoms with E-state index in [1.54, 1.807) is 4.90 Å². The predicted molar refractivity (Wildman–Crippen MR) is 63.9 cm³/mol. The Kier molecular flexibility index (Phi) is 5.39. The molecule has 0 bridgehead atoms. The van der Waals surface area contributed by atoms with Gasteiger partial charge in [-0.05, 0) is 5.92 Å². The maximum Gasteiger partial charge on any atom is 0.229 e. The number of rotatable bonds is 5. The van der Waals surface area contributed by atoms with Crippen molar-refractivity contribution in [2.75, 3.05) is 26.3 Å². The summed E-state index contributed by atoms with van der Waals surface area (Å²) < 4.78 is 5.21. The molecule has 2 N–H and O–H groups in total. The second kappa shape index (κ2) is 6.58. The van der Waals surface area contributed by atoms with Crippen LogP contribution < -0.4 is 5.73 Å². The maximum absolute atomic E-state index is 12.3. The number of amides is 1. The first-order valence-corrected chi connectivity index (χ1v) is 6.05. The largest absolute Gasteiger partial charge is 0.379 e. The number of hydrogen-bond acceptors (Lipinski definition) is 4. The first kappa shape index (κ1) is 13.9. The molecule has 0 saturated carbocycles. The van der Waals surface area contributed by atoms with Crippen LogP contribution >= 0.6 is 0 Å². The number of ether oxygens (including phenoxy) is 1. The smallest absolute Gasteiger partial charge is 0.229 e. The van der Waals surface area contributed by atoms with Gasteiger partial charge in [0.15, 0.2) is 0 Å². The SMILES string of the molecule is CC(C)CN(CCC#N)C(=O)C1COCC1N. The Balaban J connectivity index is 2.61. The summed E-state index contributed by atoms with van der Waals surface area (Å²) in [6.45, 7) is 6.11. The van der Waals surface area contributed by atoms with E-state index in [9.17, 15) is 4.79 Å². The summed E-state index contributed by atoms with van der Waals surface area (Å²) >= 11 is 0. The third-order valence-electron chi connectivity index (χ3n) is 2.83. The van der Waals surface area contributed by atoms with E-state index in [4.69, 9.17) is 15.7 Å². The fraction of sp³-hybridized carbons (Fsp3) is 0.833. The number of nitrogens with two attached hydrogens (primary N) is 1. The zero-order valence-corrected chi connectivity index (χ0v) is 10.6. The molecule has 0 aromatic carbocycles. The molecule has 1 rings (SSSR count). The number of nitrogens with zero attached hydrogens (tertiary/aromatic N) is 2. The van der Waals surface area contributed by atoms with Gasteiger partial charge in [0.05, 0.1) is 31.6 Å². The van der Waals surface area contributed by atoms with Crippen LogP contribution in [-0.4, -0.2) is 43.2 Å². The topological polar surface area (TPSA) is 79.3 Å². The van der Waals surface area contributed by atoms with E-state index in [1.165, 1.54) is 0 Å². The minimum atomic E-state index is -0.243. The summed E-state index contributed by atoms with van der Waals surface area (Å²) in [5.41, 5.74) is 5.84. The van der Waals surface area contributed by atoms with Gasteiger partial charge in [0, 0.05) is 19.1 Å². The van der Waals surface area contributed by atoms with Crippen molar-refractivity contribution in [3.63, 3.8) is 0 Å². The molecule has 2 unspecified atom stereocenters. The van der Waals surface area contributed by atoms with E-state index in [-0.39, 0.29) is 17.9 Å². The zero-order valence-electron chi connectivity index (χ0n) is 10.6. The summed E-state index contributed by atoms with van der Waals surface area (Å²) in [7, 11) is 0. The van der Waals surface area contributed by atoms with E-state index in [1.807, 2.05) is 0 Å². The number of hydrogen-bond donors (Lipinski definition) is 1. The highest BCUT2D eigenvalue weighted by Crippen LogP contribution is 2.16. The number of carbonyl (C=O) groups excluding carboxylic acids is 1. The first-order chi connectivity index (χ1) is 8.06. The average molecular weight is 239 g/mol. The molecule has 2 atom stereocenters. The van der Waals surface area contributed by atoms with Crippen molar-refractivity contribution < 1.29 is 9.53 Å². The molecule has 5 nitrogen and oxygen atoms in total. The Hall–Kier alpha value is -1.12. The van der Waals surface area contributed by atoms with Gasteiger partial charge < -0.3 is 15.4 Å². The molecule has 1 saturated heterocycles. The summed E-state index contributed by atoms with van der Waals surface area (Å²) in [4.78, 5) is 14.0. The van der Waals surface area contributed by atoms with Gasteiger partial charge in [-0.1, -0.05) is 13.8 Å². The van der Waals surface area contributed by atoms with Gasteiger partial charge in [-0.3, -0.25) is 4.79 Å². The minimum absolute atomic E-state index is 0.0268. The van der Waals surface area contributed by atoms with Gasteiger partial charge in [0.1, 0.15) is 0 Å². The van der Waals surface area contributed by atoms with Crippen molar-refractivity contribution in [2.24, 2.45) is 17.6 Å². The monoisotopic (exact) mass is 239 g/mol. The lowest BCUT2D eigenvalue weighted by Crippen LogP contribution is -2.45. The molecular formula is C12H21N3O2. The van der Waals surface area contributed by atoms with Gasteiger partial charge in [-0.25, -0.2) is 0 Å². The Labute approximate surface area is 103 Å². The fourth-order valence-electron chi connectivity index (χ4n) is 1.98. The molecular weight excluding hydrogens is 218 g/mol. The van der Waals surface area contributed by atoms with E-state index < -0.39 is 0 Å². The first-order valence-electron chi connectivity index (χ1n) is 6.05. The summed E-state index contributed by atoms with van der Waals surface area (Å²) in [5.74, 6) is 0.169. The second-order valence-electron chi connectivity index (χ2n) is 4.89. The summed E-state index contributed by atoms with van der Waals surface area (Å²) in [6, 6.07) is 1.86. The molecule has 1 aliphatic rings. The van der Waals surface area contributed by atoms with Crippen molar-refractivity contribution in [3.8, 4) is 6.07 Å². The lowest BCUT2D eigenvalue weighted by molar-refractivity contribution is -0.136. The average Bonchev–Trinajstić information content (AvgIpc) is 2.69. The van der Waals surface area contributed by atoms with E-state index in [2.05, 4.69) is 19.9 Å². The molecule has 1 amide bonds. The van der Waals surface area contributed by atoms with Crippen LogP contribution in [0, 0.1) is 23.2 Å². The Bertz CT molecular complexity index is 299. The summed E-state index contributed by atoms with van der Waals surface area (Å²) in [5, 5.41) is 8.61. The highest BCUT2D eigenvalue weighted by molar-refractivity contribution is 5.80. The minimum Gasteiger partial charge on any atom is -0.379 e. The molecule has 0 radical (unpaired) electrons. The molecule has 1 heterocycles. The summed E-state index contributed by atoms with van der Waals surface area (Å²) in [6.07, 6.45) is 0.362. The van der Waals surface area contributed by atoms with Crippen molar-refractivity contribution >= 4 is 5.91 Å². The highest BCUT2D eigenvalue weighted by atomic mass is 16.5. The second-order valence-corrected chi connectivity index (χ2v) is 4.89. The Morgan fingerprint density at radius 1 is 1.59 bits per heavy atom. The van der Waals surface area contributed by atoms with Gasteiger partial charge in [-0.15, -0.1) is 0 Å². The number of carbonyl (C=O) groups is 1. The van der Waals surface area contributed by atoms with E-state index >= 15 is 0 Å². The molecule has 1 aliphatic heterocycles. The van der Waals surface area contributed by atoms with Crippen LogP contribution in [0.25, 0.3) is 0 Å². The van der Waals surface area contributed by atoms with Gasteiger partial charge in [0.2, 0.25) is 5.91 Å². The van der Waals surface area contributed by atoms with Gasteiger partial charge in [0.25, 0.3) is 0 Å². The third kappa shape index (κ3) is 3.99. The van der Waals surface area contributed by atoms with Gasteiger partial charge >= 0.3 is 0 Å². The zero-order chi connectivity index (χ0) is 12.8. The molecule has 0 aromatic rings. The maximum atomic E-state index is 12.3. The van der Waals surface area contributed by atoms with Crippen molar-refractivity contribution in [1.29, 1.82) is 5.26 Å². The van der Waals surface area contributed by atoms with Crippen molar-refractivity contribution in [1.82, 2.24) is 4.90 Å². The molecule has 0 aromatic heterocycles. The highest BCUT2D eigenvalue weighted by Gasteiger charge is 2.34. The van der Waals surface area contributed by atoms with Crippen LogP contribution in [0.15, 0.2) is 0 Å². The van der Waals surface area contributed by atoms with Crippen LogP contribution in [0.1, 0.15) is 20.3 Å². The molecule has 5 heteroatoms. The van der Waals surface area contributed by atoms with Crippen LogP contribution in [-0.2, 0) is 9.53 Å². The molecule has 96 valence electrons. The van der Waals surface area contributed by atoms with Gasteiger partial charge in [-0.2, -0.15) is 5.26 Å². The number of nitriles is 1. The van der Waals surface area contributed by atoms with Crippen molar-refractivity contribution in [2.45, 2.75) is 26.3 Å². The Morgan fingerprint density at radius 3 is 2.76 bits per heavy atom. The van der Waals surface area contributed by atoms with E-state index in [0.717, 1.165) is 0 Å². The molecule has 17 heavy (non-hydrogen) atoms. The standard InChI is InChI=1S/C12H21N3O2/c1-9(2)6-15(5-3-4-13)12(16)10-7-17-8-11(10)14/h9-11H,3,5-8,14H2,1-2H3. The lowest BCUT2D eigenvalue weighted by atomic mass is 10.0. The van der Waals surface area contributed by atoms with Crippen LogP contribution in [0.2, 0.25) is 0 Å². The molecule has 1 fully saturated rings. The van der Waals surface area contributed by atoms with Crippen LogP contribution in [0.5, 0.6) is 0 Å². The lowest BCUT2D eigenvalue weighted by Gasteiger charge is -2.27.